The largest absolute Gasteiger partial charge is 0.478 e. The normalized spacial score (nSPS) is 20.1. The first-order valence-electron chi connectivity index (χ1n) is 6.36. The second-order valence-electron chi connectivity index (χ2n) is 4.85. The lowest BCUT2D eigenvalue weighted by Gasteiger charge is -2.22. The molecule has 0 aliphatic carbocycles. The predicted molar refractivity (Wildman–Crippen MR) is 72.8 cm³/mol. The van der Waals surface area contributed by atoms with E-state index in [0.29, 0.717) is 18.5 Å². The highest BCUT2D eigenvalue weighted by molar-refractivity contribution is 7.88. The number of aromatic carboxylic acids is 1. The first-order valence-corrected chi connectivity index (χ1v) is 7.97. The maximum absolute atomic E-state index is 12.3. The van der Waals surface area contributed by atoms with Crippen molar-refractivity contribution in [2.75, 3.05) is 13.2 Å². The maximum atomic E-state index is 12.3. The van der Waals surface area contributed by atoms with Crippen molar-refractivity contribution in [3.63, 3.8) is 0 Å². The number of hydrogen-bond acceptors (Lipinski definition) is 4. The number of benzene rings is 1. The monoisotopic (exact) mass is 299 g/mol. The van der Waals surface area contributed by atoms with Crippen molar-refractivity contribution in [3.8, 4) is 0 Å². The van der Waals surface area contributed by atoms with E-state index in [1.165, 1.54) is 22.5 Å². The molecular weight excluding hydrogens is 282 g/mol. The van der Waals surface area contributed by atoms with Crippen LogP contribution in [0.1, 0.15) is 28.8 Å². The topological polar surface area (TPSA) is 94.9 Å². The Morgan fingerprint density at radius 3 is 2.80 bits per heavy atom. The number of aliphatic hydroxyl groups excluding tert-OH is 1. The molecule has 1 aliphatic heterocycles. The number of aliphatic hydroxyl groups is 1. The van der Waals surface area contributed by atoms with Crippen molar-refractivity contribution in [1.82, 2.24) is 4.31 Å². The minimum Gasteiger partial charge on any atom is -0.478 e. The second kappa shape index (κ2) is 5.90. The molecule has 1 atom stereocenters. The molecule has 0 amide bonds. The molecule has 1 aliphatic rings. The number of sulfonamides is 1. The van der Waals surface area contributed by atoms with E-state index in [1.807, 2.05) is 0 Å². The number of hydrogen-bond donors (Lipinski definition) is 2. The summed E-state index contributed by atoms with van der Waals surface area (Å²) in [7, 11) is -3.54. The minimum atomic E-state index is -3.54. The van der Waals surface area contributed by atoms with E-state index in [-0.39, 0.29) is 24.0 Å². The summed E-state index contributed by atoms with van der Waals surface area (Å²) < 4.78 is 26.0. The van der Waals surface area contributed by atoms with Crippen molar-refractivity contribution < 1.29 is 23.4 Å². The SMILES string of the molecule is O=C(O)c1cccc(CS(=O)(=O)N2CCC[C@@H]2CO)c1. The van der Waals surface area contributed by atoms with Gasteiger partial charge in [-0.2, -0.15) is 4.31 Å². The molecule has 110 valence electrons. The van der Waals surface area contributed by atoms with Crippen molar-refractivity contribution in [2.24, 2.45) is 0 Å². The highest BCUT2D eigenvalue weighted by Crippen LogP contribution is 2.23. The van der Waals surface area contributed by atoms with Crippen LogP contribution in [0, 0.1) is 0 Å². The second-order valence-corrected chi connectivity index (χ2v) is 6.77. The van der Waals surface area contributed by atoms with E-state index in [9.17, 15) is 18.3 Å². The van der Waals surface area contributed by atoms with Crippen LogP contribution >= 0.6 is 0 Å². The third-order valence-corrected chi connectivity index (χ3v) is 5.31. The van der Waals surface area contributed by atoms with Crippen molar-refractivity contribution in [2.45, 2.75) is 24.6 Å². The fourth-order valence-electron chi connectivity index (χ4n) is 2.45. The zero-order valence-electron chi connectivity index (χ0n) is 10.9. The van der Waals surface area contributed by atoms with Gasteiger partial charge in [-0.3, -0.25) is 0 Å². The smallest absolute Gasteiger partial charge is 0.335 e. The van der Waals surface area contributed by atoms with Crippen LogP contribution < -0.4 is 0 Å². The van der Waals surface area contributed by atoms with Crippen LogP contribution in [0.2, 0.25) is 0 Å². The Bertz CT molecular complexity index is 599. The van der Waals surface area contributed by atoms with E-state index >= 15 is 0 Å². The van der Waals surface area contributed by atoms with Gasteiger partial charge in [0.1, 0.15) is 0 Å². The van der Waals surface area contributed by atoms with Crippen LogP contribution in [0.4, 0.5) is 0 Å². The van der Waals surface area contributed by atoms with E-state index in [0.717, 1.165) is 6.42 Å². The molecule has 0 radical (unpaired) electrons. The minimum absolute atomic E-state index is 0.0674. The van der Waals surface area contributed by atoms with Gasteiger partial charge in [-0.1, -0.05) is 12.1 Å². The predicted octanol–water partition coefficient (Wildman–Crippen LogP) is 0.671. The van der Waals surface area contributed by atoms with E-state index < -0.39 is 16.0 Å². The lowest BCUT2D eigenvalue weighted by molar-refractivity contribution is 0.0696. The molecule has 20 heavy (non-hydrogen) atoms. The molecule has 1 aromatic carbocycles. The summed E-state index contributed by atoms with van der Waals surface area (Å²) in [5.41, 5.74) is 0.506. The molecule has 2 N–H and O–H groups in total. The van der Waals surface area contributed by atoms with Crippen molar-refractivity contribution in [1.29, 1.82) is 0 Å². The molecule has 1 heterocycles. The highest BCUT2D eigenvalue weighted by atomic mass is 32.2. The van der Waals surface area contributed by atoms with Crippen molar-refractivity contribution in [3.05, 3.63) is 35.4 Å². The Hall–Kier alpha value is -1.44. The average Bonchev–Trinajstić information content (AvgIpc) is 2.87. The van der Waals surface area contributed by atoms with Crippen LogP contribution in [0.5, 0.6) is 0 Å². The maximum Gasteiger partial charge on any atom is 0.335 e. The van der Waals surface area contributed by atoms with Crippen LogP contribution in [0.15, 0.2) is 24.3 Å². The number of rotatable bonds is 5. The van der Waals surface area contributed by atoms with E-state index in [1.54, 1.807) is 6.07 Å². The molecule has 1 aromatic rings. The van der Waals surface area contributed by atoms with Gasteiger partial charge in [0.2, 0.25) is 10.0 Å². The molecule has 7 heteroatoms. The molecule has 1 fully saturated rings. The molecule has 0 spiro atoms. The van der Waals surface area contributed by atoms with Gasteiger partial charge in [0.15, 0.2) is 0 Å². The number of carbonyl (C=O) groups is 1. The van der Waals surface area contributed by atoms with Crippen LogP contribution in [-0.4, -0.2) is 48.1 Å². The standard InChI is InChI=1S/C13H17NO5S/c15-8-12-5-2-6-14(12)20(18,19)9-10-3-1-4-11(7-10)13(16)17/h1,3-4,7,12,15H,2,5-6,8-9H2,(H,16,17)/t12-/m1/s1. The summed E-state index contributed by atoms with van der Waals surface area (Å²) in [6, 6.07) is 5.55. The average molecular weight is 299 g/mol. The number of carboxylic acid groups (broad SMARTS) is 1. The number of carboxylic acids is 1. The van der Waals surface area contributed by atoms with Gasteiger partial charge in [-0.05, 0) is 30.5 Å². The molecule has 0 bridgehead atoms. The molecule has 1 saturated heterocycles. The summed E-state index contributed by atoms with van der Waals surface area (Å²) in [5.74, 6) is -1.33. The molecule has 6 nitrogen and oxygen atoms in total. The third kappa shape index (κ3) is 3.17. The molecule has 0 unspecified atom stereocenters. The van der Waals surface area contributed by atoms with Gasteiger partial charge in [0, 0.05) is 12.6 Å². The summed E-state index contributed by atoms with van der Waals surface area (Å²) in [5, 5.41) is 18.1. The molecular formula is C13H17NO5S. The zero-order valence-corrected chi connectivity index (χ0v) is 11.7. The summed E-state index contributed by atoms with van der Waals surface area (Å²) in [6.07, 6.45) is 1.39. The van der Waals surface area contributed by atoms with Crippen LogP contribution in [0.3, 0.4) is 0 Å². The van der Waals surface area contributed by atoms with Gasteiger partial charge in [-0.15, -0.1) is 0 Å². The Morgan fingerprint density at radius 2 is 2.15 bits per heavy atom. The Morgan fingerprint density at radius 1 is 1.40 bits per heavy atom. The number of nitrogens with zero attached hydrogens (tertiary/aromatic N) is 1. The zero-order chi connectivity index (χ0) is 14.8. The van der Waals surface area contributed by atoms with Gasteiger partial charge < -0.3 is 10.2 Å². The van der Waals surface area contributed by atoms with Crippen molar-refractivity contribution >= 4 is 16.0 Å². The highest BCUT2D eigenvalue weighted by Gasteiger charge is 2.33. The first kappa shape index (κ1) is 15.0. The summed E-state index contributed by atoms with van der Waals surface area (Å²) in [4.78, 5) is 10.9. The van der Waals surface area contributed by atoms with Gasteiger partial charge >= 0.3 is 5.97 Å². The fraction of sp³-hybridized carbons (Fsp3) is 0.462. The fourth-order valence-corrected chi connectivity index (χ4v) is 4.25. The van der Waals surface area contributed by atoms with E-state index in [4.69, 9.17) is 5.11 Å². The van der Waals surface area contributed by atoms with Crippen LogP contribution in [-0.2, 0) is 15.8 Å². The Kier molecular flexibility index (Phi) is 4.42. The molecule has 2 rings (SSSR count). The Balaban J connectivity index is 2.20. The first-order chi connectivity index (χ1) is 9.44. The molecule has 0 saturated carbocycles. The van der Waals surface area contributed by atoms with Gasteiger partial charge in [0.05, 0.1) is 17.9 Å². The van der Waals surface area contributed by atoms with Gasteiger partial charge in [-0.25, -0.2) is 13.2 Å². The van der Waals surface area contributed by atoms with E-state index in [2.05, 4.69) is 0 Å². The van der Waals surface area contributed by atoms with Crippen LogP contribution in [0.25, 0.3) is 0 Å². The quantitative estimate of drug-likeness (QED) is 0.833. The summed E-state index contributed by atoms with van der Waals surface area (Å²) >= 11 is 0. The lowest BCUT2D eigenvalue weighted by atomic mass is 10.1. The molecule has 0 aromatic heterocycles. The third-order valence-electron chi connectivity index (χ3n) is 3.41. The Labute approximate surface area is 117 Å². The lowest BCUT2D eigenvalue weighted by Crippen LogP contribution is -2.38. The summed E-state index contributed by atoms with van der Waals surface area (Å²) in [6.45, 7) is 0.223. The van der Waals surface area contributed by atoms with Gasteiger partial charge in [0.25, 0.3) is 0 Å².